The molecule has 1 aromatic carbocycles. The van der Waals surface area contributed by atoms with Gasteiger partial charge in [-0.1, -0.05) is 43.7 Å². The van der Waals surface area contributed by atoms with E-state index in [4.69, 9.17) is 0 Å². The summed E-state index contributed by atoms with van der Waals surface area (Å²) in [5.74, 6) is 0. The Morgan fingerprint density at radius 2 is 1.72 bits per heavy atom. The zero-order valence-electron chi connectivity index (χ0n) is 15.9. The molecule has 0 spiro atoms. The van der Waals surface area contributed by atoms with E-state index < -0.39 is 0 Å². The molecule has 1 aromatic rings. The maximum absolute atomic E-state index is 4.02. The lowest BCUT2D eigenvalue weighted by Crippen LogP contribution is -3.00. The lowest BCUT2D eigenvalue weighted by atomic mass is 10.1. The van der Waals surface area contributed by atoms with E-state index in [1.807, 2.05) is 0 Å². The van der Waals surface area contributed by atoms with Gasteiger partial charge in [-0.15, -0.1) is 0 Å². The zero-order valence-corrected chi connectivity index (χ0v) is 18.0. The van der Waals surface area contributed by atoms with Crippen LogP contribution < -0.4 is 28.9 Å². The summed E-state index contributed by atoms with van der Waals surface area (Å²) in [4.78, 5) is 2.13. The summed E-state index contributed by atoms with van der Waals surface area (Å²) < 4.78 is 2.42. The van der Waals surface area contributed by atoms with Crippen LogP contribution in [0.5, 0.6) is 0 Å². The summed E-state index contributed by atoms with van der Waals surface area (Å²) in [5, 5.41) is 0. The van der Waals surface area contributed by atoms with Crippen LogP contribution >= 0.6 is 0 Å². The Hall–Kier alpha value is -1.10. The summed E-state index contributed by atoms with van der Waals surface area (Å²) in [6, 6.07) is 8.73. The smallest absolute Gasteiger partial charge is 0.166 e. The highest BCUT2D eigenvalue weighted by Crippen LogP contribution is 2.14. The molecule has 0 amide bonds. The molecule has 0 N–H and O–H groups in total. The predicted octanol–water partition coefficient (Wildman–Crippen LogP) is 2.15. The number of anilines is 1. The number of rotatable bonds is 10. The van der Waals surface area contributed by atoms with E-state index in [2.05, 4.69) is 72.8 Å². The topological polar surface area (TPSA) is 6.25 Å². The summed E-state index contributed by atoms with van der Waals surface area (Å²) in [7, 11) is 4.15. The second kappa shape index (κ2) is 12.3. The molecule has 0 aromatic heterocycles. The minimum Gasteiger partial charge on any atom is -1.00 e. The predicted molar refractivity (Wildman–Crippen MR) is 107 cm³/mol. The van der Waals surface area contributed by atoms with Gasteiger partial charge in [0.2, 0.25) is 0 Å². The number of unbranched alkanes of at least 4 members (excludes halogenated alkanes) is 5. The van der Waals surface area contributed by atoms with E-state index in [0.29, 0.717) is 0 Å². The molecular formula is C22H33IN2. The van der Waals surface area contributed by atoms with Gasteiger partial charge in [-0.3, -0.25) is 0 Å². The van der Waals surface area contributed by atoms with Crippen molar-refractivity contribution in [2.75, 3.05) is 32.1 Å². The van der Waals surface area contributed by atoms with Crippen molar-refractivity contribution in [2.45, 2.75) is 44.9 Å². The zero-order chi connectivity index (χ0) is 17.2. The van der Waals surface area contributed by atoms with Crippen LogP contribution in [-0.2, 0) is 0 Å². The number of hydrogen-bond acceptors (Lipinski definition) is 1. The molecule has 1 aliphatic heterocycles. The van der Waals surface area contributed by atoms with E-state index in [-0.39, 0.29) is 24.0 Å². The molecule has 0 saturated heterocycles. The number of allylic oxidation sites excluding steroid dienone is 1. The van der Waals surface area contributed by atoms with Crippen molar-refractivity contribution in [1.29, 1.82) is 0 Å². The molecule has 1 aliphatic rings. The molecule has 25 heavy (non-hydrogen) atoms. The highest BCUT2D eigenvalue weighted by atomic mass is 127. The van der Waals surface area contributed by atoms with Gasteiger partial charge in [0.15, 0.2) is 6.21 Å². The molecule has 3 heteroatoms. The number of nitrogens with zero attached hydrogens (tertiary/aromatic N) is 2. The maximum Gasteiger partial charge on any atom is 0.166 e. The minimum absolute atomic E-state index is 0. The first-order valence-corrected chi connectivity index (χ1v) is 9.36. The maximum atomic E-state index is 4.02. The van der Waals surface area contributed by atoms with E-state index in [1.165, 1.54) is 68.4 Å². The molecule has 0 atom stereocenters. The summed E-state index contributed by atoms with van der Waals surface area (Å²) in [6.07, 6.45) is 15.8. The lowest BCUT2D eigenvalue weighted by molar-refractivity contribution is -0.516. The summed E-state index contributed by atoms with van der Waals surface area (Å²) in [6.45, 7) is 6.41. The normalized spacial score (nSPS) is 13.8. The quantitative estimate of drug-likeness (QED) is 0.300. The average molecular weight is 452 g/mol. The standard InChI is InChI=1S/C22H33N2.HI/c1-20-16-18-24(19-20)17-10-8-6-4-5-7-9-11-21-12-14-22(15-13-21)23(2)3;/h9,11-15,19H,1,4-8,10,16-18H2,2-3H3;1H/q+1;/p-1. The van der Waals surface area contributed by atoms with Crippen LogP contribution in [0.3, 0.4) is 0 Å². The van der Waals surface area contributed by atoms with Crippen molar-refractivity contribution >= 4 is 18.0 Å². The molecule has 1 heterocycles. The van der Waals surface area contributed by atoms with Crippen molar-refractivity contribution < 1.29 is 28.6 Å². The summed E-state index contributed by atoms with van der Waals surface area (Å²) >= 11 is 0. The molecule has 0 fully saturated rings. The van der Waals surface area contributed by atoms with Gasteiger partial charge in [0.1, 0.15) is 13.1 Å². The first-order valence-electron chi connectivity index (χ1n) is 9.36. The van der Waals surface area contributed by atoms with Crippen molar-refractivity contribution in [3.05, 3.63) is 48.1 Å². The van der Waals surface area contributed by atoms with Gasteiger partial charge in [0, 0.05) is 38.2 Å². The molecule has 0 saturated carbocycles. The number of hydrogen-bond donors (Lipinski definition) is 0. The van der Waals surface area contributed by atoms with Crippen molar-refractivity contribution in [1.82, 2.24) is 0 Å². The van der Waals surface area contributed by atoms with Crippen LogP contribution in [0.15, 0.2) is 42.5 Å². The third-order valence-electron chi connectivity index (χ3n) is 4.62. The van der Waals surface area contributed by atoms with Crippen LogP contribution in [-0.4, -0.2) is 38.0 Å². The fraction of sp³-hybridized carbons (Fsp3) is 0.500. The first-order chi connectivity index (χ1) is 11.6. The molecular weight excluding hydrogens is 419 g/mol. The summed E-state index contributed by atoms with van der Waals surface area (Å²) in [5.41, 5.74) is 3.84. The van der Waals surface area contributed by atoms with Gasteiger partial charge in [-0.25, -0.2) is 4.58 Å². The van der Waals surface area contributed by atoms with Gasteiger partial charge in [0.05, 0.1) is 0 Å². The Morgan fingerprint density at radius 3 is 2.36 bits per heavy atom. The first kappa shape index (κ1) is 21.9. The third-order valence-corrected chi connectivity index (χ3v) is 4.62. The Bertz CT molecular complexity index is 570. The Balaban J connectivity index is 0.00000312. The van der Waals surface area contributed by atoms with Crippen molar-refractivity contribution in [2.24, 2.45) is 0 Å². The largest absolute Gasteiger partial charge is 1.00 e. The molecule has 2 rings (SSSR count). The highest BCUT2D eigenvalue weighted by Gasteiger charge is 2.12. The fourth-order valence-electron chi connectivity index (χ4n) is 3.06. The van der Waals surface area contributed by atoms with Crippen LogP contribution in [0.4, 0.5) is 5.69 Å². The Morgan fingerprint density at radius 1 is 1.04 bits per heavy atom. The molecule has 0 bridgehead atoms. The van der Waals surface area contributed by atoms with Crippen LogP contribution in [0.1, 0.15) is 50.5 Å². The van der Waals surface area contributed by atoms with E-state index >= 15 is 0 Å². The van der Waals surface area contributed by atoms with Gasteiger partial charge < -0.3 is 28.9 Å². The Labute approximate surface area is 171 Å². The molecule has 0 radical (unpaired) electrons. The number of benzene rings is 1. The van der Waals surface area contributed by atoms with Crippen LogP contribution in [0, 0.1) is 0 Å². The van der Waals surface area contributed by atoms with Crippen LogP contribution in [0.2, 0.25) is 0 Å². The lowest BCUT2D eigenvalue weighted by Gasteiger charge is -2.11. The fourth-order valence-corrected chi connectivity index (χ4v) is 3.06. The average Bonchev–Trinajstić information content (AvgIpc) is 2.99. The van der Waals surface area contributed by atoms with E-state index in [0.717, 1.165) is 6.42 Å². The Kier molecular flexibility index (Phi) is 10.8. The van der Waals surface area contributed by atoms with Gasteiger partial charge in [0.25, 0.3) is 0 Å². The van der Waals surface area contributed by atoms with Gasteiger partial charge in [-0.05, 0) is 37.0 Å². The number of halogens is 1. The van der Waals surface area contributed by atoms with Crippen LogP contribution in [0.25, 0.3) is 6.08 Å². The molecule has 2 nitrogen and oxygen atoms in total. The van der Waals surface area contributed by atoms with E-state index in [1.54, 1.807) is 0 Å². The minimum atomic E-state index is 0. The molecule has 0 unspecified atom stereocenters. The highest BCUT2D eigenvalue weighted by molar-refractivity contribution is 5.74. The SMILES string of the molecule is C=C1C=[N+](CCCCCCCC=Cc2ccc(N(C)C)cc2)CC1.[I-]. The van der Waals surface area contributed by atoms with E-state index in [9.17, 15) is 0 Å². The van der Waals surface area contributed by atoms with Crippen molar-refractivity contribution in [3.8, 4) is 0 Å². The third kappa shape index (κ3) is 8.70. The second-order valence-corrected chi connectivity index (χ2v) is 7.02. The molecule has 138 valence electrons. The second-order valence-electron chi connectivity index (χ2n) is 7.02. The monoisotopic (exact) mass is 452 g/mol. The van der Waals surface area contributed by atoms with Gasteiger partial charge in [-0.2, -0.15) is 0 Å². The van der Waals surface area contributed by atoms with Gasteiger partial charge >= 0.3 is 0 Å². The molecule has 0 aliphatic carbocycles. The van der Waals surface area contributed by atoms with Crippen molar-refractivity contribution in [3.63, 3.8) is 0 Å².